The van der Waals surface area contributed by atoms with Gasteiger partial charge in [0.2, 0.25) is 0 Å². The molecule has 4 heterocycles. The number of fused-ring (bicyclic) bond motifs is 9. The van der Waals surface area contributed by atoms with Crippen molar-refractivity contribution in [1.29, 1.82) is 0 Å². The van der Waals surface area contributed by atoms with Gasteiger partial charge < -0.3 is 4.57 Å². The van der Waals surface area contributed by atoms with Crippen LogP contribution in [0.2, 0.25) is 0 Å². The van der Waals surface area contributed by atoms with Crippen molar-refractivity contribution in [2.45, 2.75) is 0 Å². The maximum absolute atomic E-state index is 5.48. The number of benzene rings is 9. The summed E-state index contributed by atoms with van der Waals surface area (Å²) in [5.74, 6) is 0.680. The van der Waals surface area contributed by atoms with E-state index in [2.05, 4.69) is 217 Å². The number of aromatic nitrogens is 4. The second-order valence-electron chi connectivity index (χ2n) is 16.3. The van der Waals surface area contributed by atoms with Crippen LogP contribution in [0.4, 0.5) is 0 Å². The Morgan fingerprint density at radius 1 is 0.375 bits per heavy atom. The lowest BCUT2D eigenvalue weighted by Crippen LogP contribution is -1.97. The number of nitrogens with zero attached hydrogens (tertiary/aromatic N) is 4. The number of pyridine rings is 1. The molecule has 0 fully saturated rings. The van der Waals surface area contributed by atoms with Crippen molar-refractivity contribution in [2.24, 2.45) is 0 Å². The molecule has 9 aromatic carbocycles. The highest BCUT2D eigenvalue weighted by atomic mass is 32.1. The maximum Gasteiger partial charge on any atom is 0.160 e. The Kier molecular flexibility index (Phi) is 8.36. The molecule has 4 nitrogen and oxygen atoms in total. The average molecular weight is 833 g/mol. The lowest BCUT2D eigenvalue weighted by molar-refractivity contribution is 1.17. The van der Waals surface area contributed by atoms with E-state index in [1.807, 2.05) is 17.4 Å². The summed E-state index contributed by atoms with van der Waals surface area (Å²) in [7, 11) is 0. The Labute approximate surface area is 373 Å². The zero-order valence-electron chi connectivity index (χ0n) is 34.5. The van der Waals surface area contributed by atoms with E-state index in [9.17, 15) is 0 Å². The van der Waals surface area contributed by atoms with Crippen molar-refractivity contribution in [3.05, 3.63) is 218 Å². The van der Waals surface area contributed by atoms with Gasteiger partial charge in [-0.2, -0.15) is 0 Å². The van der Waals surface area contributed by atoms with Gasteiger partial charge in [0.15, 0.2) is 5.82 Å². The van der Waals surface area contributed by atoms with E-state index in [0.717, 1.165) is 61.7 Å². The predicted molar refractivity (Wildman–Crippen MR) is 269 cm³/mol. The summed E-state index contributed by atoms with van der Waals surface area (Å²) in [5, 5.41) is 8.59. The summed E-state index contributed by atoms with van der Waals surface area (Å²) in [4.78, 5) is 15.9. The largest absolute Gasteiger partial charge is 0.309 e. The Balaban J connectivity index is 0.927. The van der Waals surface area contributed by atoms with Gasteiger partial charge in [0.1, 0.15) is 0 Å². The Hall–Kier alpha value is -8.25. The first kappa shape index (κ1) is 36.4. The molecule has 0 spiro atoms. The van der Waals surface area contributed by atoms with Crippen molar-refractivity contribution in [3.63, 3.8) is 0 Å². The number of thiophene rings is 1. The van der Waals surface area contributed by atoms with Crippen LogP contribution in [0, 0.1) is 0 Å². The molecule has 0 N–H and O–H groups in total. The van der Waals surface area contributed by atoms with E-state index >= 15 is 0 Å². The molecule has 0 bridgehead atoms. The number of para-hydroxylation sites is 2. The minimum atomic E-state index is 0.680. The zero-order chi connectivity index (χ0) is 42.1. The Morgan fingerprint density at radius 2 is 0.938 bits per heavy atom. The monoisotopic (exact) mass is 832 g/mol. The van der Waals surface area contributed by atoms with Crippen LogP contribution in [-0.4, -0.2) is 19.5 Å². The number of rotatable bonds is 6. The van der Waals surface area contributed by atoms with Crippen LogP contribution in [0.25, 0.3) is 126 Å². The number of hydrogen-bond donors (Lipinski definition) is 0. The highest BCUT2D eigenvalue weighted by molar-refractivity contribution is 7.26. The predicted octanol–water partition coefficient (Wildman–Crippen LogP) is 16.0. The summed E-state index contributed by atoms with van der Waals surface area (Å²) in [6.07, 6.45) is 0. The molecule has 0 aliphatic carbocycles. The quantitative estimate of drug-likeness (QED) is 0.168. The molecule has 298 valence electrons. The Morgan fingerprint density at radius 3 is 1.69 bits per heavy atom. The molecule has 0 unspecified atom stereocenters. The van der Waals surface area contributed by atoms with E-state index in [1.165, 1.54) is 58.1 Å². The molecule has 13 aromatic rings. The molecule has 5 heteroatoms. The molecule has 0 amide bonds. The minimum absolute atomic E-state index is 0.680. The van der Waals surface area contributed by atoms with Crippen molar-refractivity contribution >= 4 is 75.0 Å². The molecule has 64 heavy (non-hydrogen) atoms. The summed E-state index contributed by atoms with van der Waals surface area (Å²) in [6.45, 7) is 0. The highest BCUT2D eigenvalue weighted by Gasteiger charge is 2.20. The van der Waals surface area contributed by atoms with Gasteiger partial charge in [0.05, 0.1) is 38.3 Å². The van der Waals surface area contributed by atoms with Crippen LogP contribution in [0.1, 0.15) is 0 Å². The van der Waals surface area contributed by atoms with E-state index in [-0.39, 0.29) is 0 Å². The van der Waals surface area contributed by atoms with Gasteiger partial charge in [0.25, 0.3) is 0 Å². The van der Waals surface area contributed by atoms with Gasteiger partial charge in [-0.1, -0.05) is 176 Å². The lowest BCUT2D eigenvalue weighted by Gasteiger charge is -2.14. The van der Waals surface area contributed by atoms with Gasteiger partial charge in [-0.15, -0.1) is 11.3 Å². The SMILES string of the molecule is c1ccc(-c2cc(-c3ccc(-n4c5ccccc5c5ccccc54)cc3)nc(-c3ccc(-c4cccc5nc(-c6cccc7ccccc67)c6sc7ccccc7c6c45)cc3)n2)cc1. The van der Waals surface area contributed by atoms with Gasteiger partial charge >= 0.3 is 0 Å². The van der Waals surface area contributed by atoms with E-state index in [0.29, 0.717) is 5.82 Å². The maximum atomic E-state index is 5.48. The fourth-order valence-corrected chi connectivity index (χ4v) is 10.9. The second kappa shape index (κ2) is 14.7. The third kappa shape index (κ3) is 5.86. The minimum Gasteiger partial charge on any atom is -0.309 e. The topological polar surface area (TPSA) is 43.6 Å². The van der Waals surface area contributed by atoms with Crippen LogP contribution in [0.15, 0.2) is 218 Å². The second-order valence-corrected chi connectivity index (χ2v) is 17.4. The molecule has 13 rings (SSSR count). The van der Waals surface area contributed by atoms with Gasteiger partial charge in [-0.05, 0) is 64.4 Å². The third-order valence-corrected chi connectivity index (χ3v) is 13.8. The van der Waals surface area contributed by atoms with E-state index < -0.39 is 0 Å². The smallest absolute Gasteiger partial charge is 0.160 e. The fraction of sp³-hybridized carbons (Fsp3) is 0. The molecular formula is C59H36N4S. The molecule has 0 saturated heterocycles. The molecule has 0 atom stereocenters. The average Bonchev–Trinajstić information content (AvgIpc) is 3.93. The fourth-order valence-electron chi connectivity index (χ4n) is 9.64. The first-order chi connectivity index (χ1) is 31.7. The van der Waals surface area contributed by atoms with Crippen molar-refractivity contribution in [1.82, 2.24) is 19.5 Å². The van der Waals surface area contributed by atoms with Crippen LogP contribution in [-0.2, 0) is 0 Å². The first-order valence-electron chi connectivity index (χ1n) is 21.6. The third-order valence-electron chi connectivity index (χ3n) is 12.6. The molecule has 0 saturated carbocycles. The summed E-state index contributed by atoms with van der Waals surface area (Å²) < 4.78 is 4.81. The van der Waals surface area contributed by atoms with Crippen molar-refractivity contribution < 1.29 is 0 Å². The highest BCUT2D eigenvalue weighted by Crippen LogP contribution is 2.46. The summed E-state index contributed by atoms with van der Waals surface area (Å²) in [5.41, 5.74) is 13.7. The van der Waals surface area contributed by atoms with Crippen LogP contribution >= 0.6 is 11.3 Å². The van der Waals surface area contributed by atoms with Crippen molar-refractivity contribution in [2.75, 3.05) is 0 Å². The molecular weight excluding hydrogens is 797 g/mol. The lowest BCUT2D eigenvalue weighted by atomic mass is 9.94. The first-order valence-corrected chi connectivity index (χ1v) is 22.4. The van der Waals surface area contributed by atoms with Crippen molar-refractivity contribution in [3.8, 4) is 62.0 Å². The Bertz CT molecular complexity index is 3880. The summed E-state index contributed by atoms with van der Waals surface area (Å²) in [6, 6.07) is 77.7. The molecule has 0 aliphatic rings. The summed E-state index contributed by atoms with van der Waals surface area (Å²) >= 11 is 1.83. The number of hydrogen-bond acceptors (Lipinski definition) is 4. The zero-order valence-corrected chi connectivity index (χ0v) is 35.3. The van der Waals surface area contributed by atoms with Gasteiger partial charge in [-0.25, -0.2) is 15.0 Å². The van der Waals surface area contributed by atoms with E-state index in [1.54, 1.807) is 0 Å². The van der Waals surface area contributed by atoms with E-state index in [4.69, 9.17) is 15.0 Å². The van der Waals surface area contributed by atoms with Crippen LogP contribution in [0.5, 0.6) is 0 Å². The van der Waals surface area contributed by atoms with Crippen LogP contribution in [0.3, 0.4) is 0 Å². The normalized spacial score (nSPS) is 11.8. The van der Waals surface area contributed by atoms with Gasteiger partial charge in [0, 0.05) is 59.6 Å². The van der Waals surface area contributed by atoms with Gasteiger partial charge in [-0.3, -0.25) is 0 Å². The molecule has 0 radical (unpaired) electrons. The molecule has 4 aromatic heterocycles. The molecule has 0 aliphatic heterocycles. The standard InChI is InChI=1S/C59H36N4S/c1-2-15-39(16-3-1)50-36-51(40-32-34-42(35-33-40)63-52-25-9-6-19-45(52)46-20-7-10-26-53(46)63)62-59(61-50)41-30-28-38(29-31-41)44-22-13-24-49-55(44)56-48-21-8-11-27-54(48)64-58(56)57(60-49)47-23-12-17-37-14-4-5-18-43(37)47/h1-36H. The van der Waals surface area contributed by atoms with Crippen LogP contribution < -0.4 is 0 Å².